The van der Waals surface area contributed by atoms with Gasteiger partial charge in [-0.3, -0.25) is 4.79 Å². The summed E-state index contributed by atoms with van der Waals surface area (Å²) in [5.74, 6) is 0.288. The van der Waals surface area contributed by atoms with Gasteiger partial charge >= 0.3 is 0 Å². The highest BCUT2D eigenvalue weighted by Crippen LogP contribution is 2.25. The minimum absolute atomic E-state index is 0.212. The molecule has 0 atom stereocenters. The van der Waals surface area contributed by atoms with Crippen molar-refractivity contribution in [2.45, 2.75) is 0 Å². The minimum Gasteiger partial charge on any atom is -0.307 e. The minimum atomic E-state index is -0.212. The first-order valence-electron chi connectivity index (χ1n) is 8.09. The second kappa shape index (κ2) is 7.06. The van der Waals surface area contributed by atoms with Crippen LogP contribution in [0.3, 0.4) is 0 Å². The van der Waals surface area contributed by atoms with Gasteiger partial charge in [0.05, 0.1) is 16.8 Å². The van der Waals surface area contributed by atoms with Gasteiger partial charge in [0.15, 0.2) is 0 Å². The third kappa shape index (κ3) is 3.34. The first-order valence-corrected chi connectivity index (χ1v) is 8.88. The quantitative estimate of drug-likeness (QED) is 0.504. The summed E-state index contributed by atoms with van der Waals surface area (Å²) in [6.45, 7) is 0. The number of carbonyl (C=O) groups is 1. The monoisotopic (exact) mass is 403 g/mol. The van der Waals surface area contributed by atoms with Crippen molar-refractivity contribution in [3.63, 3.8) is 0 Å². The molecular weight excluding hydrogens is 390 g/mol. The van der Waals surface area contributed by atoms with Crippen LogP contribution in [-0.2, 0) is 0 Å². The van der Waals surface area contributed by atoms with Crippen LogP contribution in [0.15, 0.2) is 83.5 Å². The number of nitrogens with zero attached hydrogens (tertiary/aromatic N) is 2. The Morgan fingerprint density at radius 2 is 1.69 bits per heavy atom. The van der Waals surface area contributed by atoms with E-state index in [0.717, 1.165) is 26.6 Å². The zero-order chi connectivity index (χ0) is 17.9. The van der Waals surface area contributed by atoms with Gasteiger partial charge in [0, 0.05) is 21.6 Å². The first kappa shape index (κ1) is 16.4. The summed E-state index contributed by atoms with van der Waals surface area (Å²) in [7, 11) is 0. The van der Waals surface area contributed by atoms with Crippen molar-refractivity contribution in [3.05, 3.63) is 89.0 Å². The Bertz CT molecular complexity index is 1080. The average molecular weight is 404 g/mol. The Labute approximate surface area is 159 Å². The lowest BCUT2D eigenvalue weighted by molar-refractivity contribution is 0.102. The standard InChI is InChI=1S/C21H14BrN3O/c22-15-10-11-20(23-13-15)25-21(26)17-12-19(14-6-2-1-3-7-14)24-18-9-5-4-8-16(17)18/h1-13H,(H,23,25,26). The molecule has 2 aromatic carbocycles. The van der Waals surface area contributed by atoms with Crippen molar-refractivity contribution >= 4 is 38.6 Å². The maximum atomic E-state index is 12.9. The summed E-state index contributed by atoms with van der Waals surface area (Å²) in [6, 6.07) is 22.9. The molecule has 0 aliphatic rings. The number of halogens is 1. The Hall–Kier alpha value is -3.05. The molecule has 0 aliphatic heterocycles. The molecule has 2 aromatic heterocycles. The third-order valence-corrected chi connectivity index (χ3v) is 4.47. The molecule has 0 saturated heterocycles. The molecule has 4 aromatic rings. The van der Waals surface area contributed by atoms with Crippen molar-refractivity contribution in [2.75, 3.05) is 5.32 Å². The van der Waals surface area contributed by atoms with Crippen molar-refractivity contribution in [3.8, 4) is 11.3 Å². The predicted molar refractivity (Wildman–Crippen MR) is 107 cm³/mol. The highest BCUT2D eigenvalue weighted by atomic mass is 79.9. The van der Waals surface area contributed by atoms with Crippen LogP contribution < -0.4 is 5.32 Å². The lowest BCUT2D eigenvalue weighted by Gasteiger charge is -2.10. The molecule has 0 saturated carbocycles. The van der Waals surface area contributed by atoms with Gasteiger partial charge in [-0.25, -0.2) is 9.97 Å². The van der Waals surface area contributed by atoms with Crippen molar-refractivity contribution in [2.24, 2.45) is 0 Å². The van der Waals surface area contributed by atoms with Gasteiger partial charge in [0.2, 0.25) is 0 Å². The second-order valence-electron chi connectivity index (χ2n) is 5.75. The fourth-order valence-corrected chi connectivity index (χ4v) is 2.99. The summed E-state index contributed by atoms with van der Waals surface area (Å²) < 4.78 is 0.858. The fraction of sp³-hybridized carbons (Fsp3) is 0. The Morgan fingerprint density at radius 1 is 0.923 bits per heavy atom. The normalized spacial score (nSPS) is 10.7. The first-order chi connectivity index (χ1) is 12.7. The fourth-order valence-electron chi connectivity index (χ4n) is 2.75. The van der Waals surface area contributed by atoms with E-state index in [1.807, 2.05) is 66.7 Å². The predicted octanol–water partition coefficient (Wildman–Crippen LogP) is 5.31. The van der Waals surface area contributed by atoms with Crippen molar-refractivity contribution in [1.29, 1.82) is 0 Å². The van der Waals surface area contributed by atoms with E-state index >= 15 is 0 Å². The number of anilines is 1. The van der Waals surface area contributed by atoms with Crippen LogP contribution in [0.5, 0.6) is 0 Å². The smallest absolute Gasteiger partial charge is 0.257 e. The summed E-state index contributed by atoms with van der Waals surface area (Å²) in [6.07, 6.45) is 1.65. The Balaban J connectivity index is 1.79. The molecule has 0 radical (unpaired) electrons. The van der Waals surface area contributed by atoms with E-state index in [1.54, 1.807) is 12.3 Å². The lowest BCUT2D eigenvalue weighted by atomic mass is 10.0. The molecule has 5 heteroatoms. The van der Waals surface area contributed by atoms with Gasteiger partial charge < -0.3 is 5.32 Å². The number of nitrogens with one attached hydrogen (secondary N) is 1. The van der Waals surface area contributed by atoms with E-state index in [1.165, 1.54) is 0 Å². The number of carbonyl (C=O) groups excluding carboxylic acids is 1. The molecule has 126 valence electrons. The molecule has 0 bridgehead atoms. The van der Waals surface area contributed by atoms with Crippen LogP contribution in [-0.4, -0.2) is 15.9 Å². The van der Waals surface area contributed by atoms with Crippen LogP contribution in [0.2, 0.25) is 0 Å². The largest absolute Gasteiger partial charge is 0.307 e. The van der Waals surface area contributed by atoms with Crippen LogP contribution in [0.4, 0.5) is 5.82 Å². The molecule has 4 nitrogen and oxygen atoms in total. The molecule has 0 aliphatic carbocycles. The van der Waals surface area contributed by atoms with Gasteiger partial charge in [-0.05, 0) is 40.2 Å². The van der Waals surface area contributed by atoms with E-state index in [-0.39, 0.29) is 5.91 Å². The number of fused-ring (bicyclic) bond motifs is 1. The molecule has 2 heterocycles. The molecule has 0 fully saturated rings. The number of aromatic nitrogens is 2. The molecule has 1 amide bonds. The molecule has 0 unspecified atom stereocenters. The number of amides is 1. The second-order valence-corrected chi connectivity index (χ2v) is 6.67. The van der Waals surface area contributed by atoms with Gasteiger partial charge in [-0.15, -0.1) is 0 Å². The Kier molecular flexibility index (Phi) is 4.46. The van der Waals surface area contributed by atoms with E-state index in [2.05, 4.69) is 26.2 Å². The topological polar surface area (TPSA) is 54.9 Å². The number of para-hydroxylation sites is 1. The highest BCUT2D eigenvalue weighted by Gasteiger charge is 2.14. The zero-order valence-corrected chi connectivity index (χ0v) is 15.3. The van der Waals surface area contributed by atoms with Gasteiger partial charge in [0.1, 0.15) is 5.82 Å². The van der Waals surface area contributed by atoms with E-state index in [0.29, 0.717) is 11.4 Å². The van der Waals surface area contributed by atoms with Crippen molar-refractivity contribution in [1.82, 2.24) is 9.97 Å². The third-order valence-electron chi connectivity index (χ3n) is 4.00. The van der Waals surface area contributed by atoms with Gasteiger partial charge in [0.25, 0.3) is 5.91 Å². The number of benzene rings is 2. The summed E-state index contributed by atoms with van der Waals surface area (Å²) >= 11 is 3.34. The van der Waals surface area contributed by atoms with E-state index < -0.39 is 0 Å². The van der Waals surface area contributed by atoms with Crippen LogP contribution in [0.25, 0.3) is 22.2 Å². The lowest BCUT2D eigenvalue weighted by Crippen LogP contribution is -2.14. The number of pyridine rings is 2. The van der Waals surface area contributed by atoms with Gasteiger partial charge in [-0.2, -0.15) is 0 Å². The summed E-state index contributed by atoms with van der Waals surface area (Å²) in [4.78, 5) is 21.8. The van der Waals surface area contributed by atoms with E-state index in [4.69, 9.17) is 4.98 Å². The summed E-state index contributed by atoms with van der Waals surface area (Å²) in [5, 5.41) is 3.66. The molecular formula is C21H14BrN3O. The number of hydrogen-bond donors (Lipinski definition) is 1. The zero-order valence-electron chi connectivity index (χ0n) is 13.7. The Morgan fingerprint density at radius 3 is 2.46 bits per heavy atom. The summed E-state index contributed by atoms with van der Waals surface area (Å²) in [5.41, 5.74) is 3.08. The molecule has 26 heavy (non-hydrogen) atoms. The van der Waals surface area contributed by atoms with Crippen molar-refractivity contribution < 1.29 is 4.79 Å². The molecule has 4 rings (SSSR count). The van der Waals surface area contributed by atoms with Gasteiger partial charge in [-0.1, -0.05) is 48.5 Å². The van der Waals surface area contributed by atoms with Crippen LogP contribution in [0.1, 0.15) is 10.4 Å². The SMILES string of the molecule is O=C(Nc1ccc(Br)cn1)c1cc(-c2ccccc2)nc2ccccc12. The van der Waals surface area contributed by atoms with Crippen LogP contribution >= 0.6 is 15.9 Å². The number of hydrogen-bond acceptors (Lipinski definition) is 3. The number of rotatable bonds is 3. The van der Waals surface area contributed by atoms with Crippen LogP contribution in [0, 0.1) is 0 Å². The van der Waals surface area contributed by atoms with E-state index in [9.17, 15) is 4.79 Å². The highest BCUT2D eigenvalue weighted by molar-refractivity contribution is 9.10. The molecule has 0 spiro atoms. The molecule has 1 N–H and O–H groups in total. The maximum Gasteiger partial charge on any atom is 0.257 e. The maximum absolute atomic E-state index is 12.9. The average Bonchev–Trinajstić information content (AvgIpc) is 2.69.